The third-order valence-corrected chi connectivity index (χ3v) is 2.79. The van der Waals surface area contributed by atoms with E-state index in [1.807, 2.05) is 0 Å². The number of carbonyl (C=O) groups excluding carboxylic acids is 1. The molecule has 14 heavy (non-hydrogen) atoms. The summed E-state index contributed by atoms with van der Waals surface area (Å²) in [6, 6.07) is 0. The molecule has 0 saturated carbocycles. The Morgan fingerprint density at radius 3 is 2.71 bits per heavy atom. The van der Waals surface area contributed by atoms with Crippen LogP contribution in [0.3, 0.4) is 0 Å². The Kier molecular flexibility index (Phi) is 3.14. The number of hydrogen-bond donors (Lipinski definition) is 0. The molecule has 1 aliphatic rings. The minimum Gasteiger partial charge on any atom is -0.465 e. The zero-order valence-corrected chi connectivity index (χ0v) is 9.33. The van der Waals surface area contributed by atoms with Crippen molar-refractivity contribution in [3.63, 3.8) is 0 Å². The van der Waals surface area contributed by atoms with Crippen LogP contribution in [0.4, 0.5) is 0 Å². The normalized spacial score (nSPS) is 24.3. The van der Waals surface area contributed by atoms with E-state index in [0.29, 0.717) is 12.5 Å². The van der Waals surface area contributed by atoms with Gasteiger partial charge in [-0.2, -0.15) is 0 Å². The molecule has 0 heterocycles. The van der Waals surface area contributed by atoms with Gasteiger partial charge in [-0.1, -0.05) is 37.6 Å². The lowest BCUT2D eigenvalue weighted by atomic mass is 9.73. The highest BCUT2D eigenvalue weighted by Crippen LogP contribution is 2.36. The Morgan fingerprint density at radius 2 is 2.21 bits per heavy atom. The maximum atomic E-state index is 10.7. The standard InChI is InChI=1S/C12H18O2/c1-9-6-5-7-12(3,4)11(9)8-14-10(2)13/h5-7,11H,8H2,1-4H3. The largest absolute Gasteiger partial charge is 0.465 e. The molecule has 0 aromatic rings. The van der Waals surface area contributed by atoms with Crippen LogP contribution in [0.15, 0.2) is 23.8 Å². The lowest BCUT2D eigenvalue weighted by Crippen LogP contribution is -2.29. The van der Waals surface area contributed by atoms with E-state index in [1.54, 1.807) is 0 Å². The van der Waals surface area contributed by atoms with Crippen LogP contribution in [0.5, 0.6) is 0 Å². The van der Waals surface area contributed by atoms with Crippen LogP contribution >= 0.6 is 0 Å². The lowest BCUT2D eigenvalue weighted by Gasteiger charge is -2.34. The molecular formula is C12H18O2. The van der Waals surface area contributed by atoms with E-state index in [0.717, 1.165) is 0 Å². The minimum atomic E-state index is -0.205. The van der Waals surface area contributed by atoms with Crippen LogP contribution in [-0.4, -0.2) is 12.6 Å². The molecule has 2 heteroatoms. The van der Waals surface area contributed by atoms with Crippen LogP contribution in [-0.2, 0) is 9.53 Å². The second-order valence-corrected chi connectivity index (χ2v) is 4.45. The predicted molar refractivity (Wildman–Crippen MR) is 56.8 cm³/mol. The summed E-state index contributed by atoms with van der Waals surface area (Å²) in [5.41, 5.74) is 1.35. The first-order valence-corrected chi connectivity index (χ1v) is 4.93. The van der Waals surface area contributed by atoms with E-state index >= 15 is 0 Å². The molecule has 1 unspecified atom stereocenters. The van der Waals surface area contributed by atoms with E-state index in [-0.39, 0.29) is 11.4 Å². The van der Waals surface area contributed by atoms with Gasteiger partial charge < -0.3 is 4.74 Å². The molecule has 0 aliphatic heterocycles. The average Bonchev–Trinajstić information content (AvgIpc) is 2.01. The molecule has 1 atom stereocenters. The van der Waals surface area contributed by atoms with Gasteiger partial charge in [-0.25, -0.2) is 0 Å². The molecule has 1 rings (SSSR count). The van der Waals surface area contributed by atoms with Gasteiger partial charge in [0.25, 0.3) is 0 Å². The van der Waals surface area contributed by atoms with Gasteiger partial charge in [0.15, 0.2) is 0 Å². The summed E-state index contributed by atoms with van der Waals surface area (Å²) in [6.45, 7) is 8.33. The second-order valence-electron chi connectivity index (χ2n) is 4.45. The first-order valence-electron chi connectivity index (χ1n) is 4.93. The smallest absolute Gasteiger partial charge is 0.302 e. The summed E-state index contributed by atoms with van der Waals surface area (Å²) in [7, 11) is 0. The highest BCUT2D eigenvalue weighted by Gasteiger charge is 2.30. The zero-order chi connectivity index (χ0) is 10.8. The fourth-order valence-corrected chi connectivity index (χ4v) is 1.81. The van der Waals surface area contributed by atoms with Crippen molar-refractivity contribution in [2.45, 2.75) is 27.7 Å². The minimum absolute atomic E-state index is 0.0777. The Morgan fingerprint density at radius 1 is 1.57 bits per heavy atom. The number of esters is 1. The zero-order valence-electron chi connectivity index (χ0n) is 9.33. The molecular weight excluding hydrogens is 176 g/mol. The predicted octanol–water partition coefficient (Wildman–Crippen LogP) is 2.71. The van der Waals surface area contributed by atoms with Crippen molar-refractivity contribution < 1.29 is 9.53 Å². The molecule has 0 fully saturated rings. The molecule has 1 aliphatic carbocycles. The maximum absolute atomic E-state index is 10.7. The number of carbonyl (C=O) groups is 1. The highest BCUT2D eigenvalue weighted by atomic mass is 16.5. The Labute approximate surface area is 85.6 Å². The molecule has 0 N–H and O–H groups in total. The molecule has 2 nitrogen and oxygen atoms in total. The molecule has 0 aromatic heterocycles. The fourth-order valence-electron chi connectivity index (χ4n) is 1.81. The van der Waals surface area contributed by atoms with Crippen LogP contribution < -0.4 is 0 Å². The van der Waals surface area contributed by atoms with Gasteiger partial charge in [0.05, 0.1) is 6.61 Å². The average molecular weight is 194 g/mol. The Bertz CT molecular complexity index is 285. The summed E-state index contributed by atoms with van der Waals surface area (Å²) in [5, 5.41) is 0. The molecule has 0 bridgehead atoms. The third kappa shape index (κ3) is 2.47. The molecule has 0 radical (unpaired) electrons. The van der Waals surface area contributed by atoms with Gasteiger partial charge in [-0.3, -0.25) is 4.79 Å². The molecule has 0 spiro atoms. The summed E-state index contributed by atoms with van der Waals surface area (Å²) in [4.78, 5) is 10.7. The van der Waals surface area contributed by atoms with E-state index in [9.17, 15) is 4.79 Å². The van der Waals surface area contributed by atoms with Crippen molar-refractivity contribution >= 4 is 5.97 Å². The summed E-state index contributed by atoms with van der Waals surface area (Å²) in [5.74, 6) is 0.0968. The SMILES string of the molecule is CC(=O)OCC1C(C)=CC=CC1(C)C. The van der Waals surface area contributed by atoms with Crippen LogP contribution in [0.2, 0.25) is 0 Å². The number of hydrogen-bond acceptors (Lipinski definition) is 2. The first-order chi connectivity index (χ1) is 6.43. The van der Waals surface area contributed by atoms with Gasteiger partial charge in [-0.15, -0.1) is 0 Å². The van der Waals surface area contributed by atoms with Crippen LogP contribution in [0.25, 0.3) is 0 Å². The van der Waals surface area contributed by atoms with Gasteiger partial charge >= 0.3 is 5.97 Å². The van der Waals surface area contributed by atoms with E-state index in [4.69, 9.17) is 4.74 Å². The van der Waals surface area contributed by atoms with Gasteiger partial charge in [0, 0.05) is 12.8 Å². The van der Waals surface area contributed by atoms with Crippen molar-refractivity contribution in [1.29, 1.82) is 0 Å². The number of rotatable bonds is 2. The lowest BCUT2D eigenvalue weighted by molar-refractivity contribution is -0.142. The molecule has 78 valence electrons. The van der Waals surface area contributed by atoms with E-state index in [1.165, 1.54) is 12.5 Å². The molecule has 0 aromatic carbocycles. The Hall–Kier alpha value is -1.05. The number of allylic oxidation sites excluding steroid dienone is 3. The summed E-state index contributed by atoms with van der Waals surface area (Å²) in [6.07, 6.45) is 6.31. The van der Waals surface area contributed by atoms with Crippen molar-refractivity contribution in [2.24, 2.45) is 11.3 Å². The van der Waals surface area contributed by atoms with Crippen LogP contribution in [0, 0.1) is 11.3 Å². The Balaban J connectivity index is 2.70. The number of ether oxygens (including phenoxy) is 1. The van der Waals surface area contributed by atoms with Gasteiger partial charge in [0.2, 0.25) is 0 Å². The fraction of sp³-hybridized carbons (Fsp3) is 0.583. The first kappa shape index (κ1) is 11.0. The van der Waals surface area contributed by atoms with Crippen molar-refractivity contribution in [3.8, 4) is 0 Å². The quantitative estimate of drug-likeness (QED) is 0.632. The third-order valence-electron chi connectivity index (χ3n) is 2.79. The van der Waals surface area contributed by atoms with E-state index < -0.39 is 0 Å². The van der Waals surface area contributed by atoms with Crippen LogP contribution in [0.1, 0.15) is 27.7 Å². The summed E-state index contributed by atoms with van der Waals surface area (Å²) >= 11 is 0. The topological polar surface area (TPSA) is 26.3 Å². The second kappa shape index (κ2) is 3.99. The van der Waals surface area contributed by atoms with Gasteiger partial charge in [-0.05, 0) is 12.3 Å². The van der Waals surface area contributed by atoms with Crippen molar-refractivity contribution in [1.82, 2.24) is 0 Å². The van der Waals surface area contributed by atoms with Gasteiger partial charge in [0.1, 0.15) is 0 Å². The molecule has 0 saturated heterocycles. The van der Waals surface area contributed by atoms with Crippen molar-refractivity contribution in [2.75, 3.05) is 6.61 Å². The maximum Gasteiger partial charge on any atom is 0.302 e. The monoisotopic (exact) mass is 194 g/mol. The summed E-state index contributed by atoms with van der Waals surface area (Å²) < 4.78 is 5.07. The van der Waals surface area contributed by atoms with E-state index in [2.05, 4.69) is 39.0 Å². The molecule has 0 amide bonds. The van der Waals surface area contributed by atoms with Crippen molar-refractivity contribution in [3.05, 3.63) is 23.8 Å². The highest BCUT2D eigenvalue weighted by molar-refractivity contribution is 5.65.